The molecule has 0 heterocycles. The first-order valence-electron chi connectivity index (χ1n) is 6.88. The Labute approximate surface area is 122 Å². The van der Waals surface area contributed by atoms with E-state index >= 15 is 0 Å². The second-order valence-corrected chi connectivity index (χ2v) is 4.95. The summed E-state index contributed by atoms with van der Waals surface area (Å²) in [5.41, 5.74) is 0.973. The number of benzene rings is 2. The molecule has 0 bridgehead atoms. The molecule has 0 saturated heterocycles. The first-order valence-corrected chi connectivity index (χ1v) is 6.88. The Morgan fingerprint density at radius 2 is 1.71 bits per heavy atom. The van der Waals surface area contributed by atoms with Crippen LogP contribution < -0.4 is 5.32 Å². The Morgan fingerprint density at radius 1 is 1.10 bits per heavy atom. The van der Waals surface area contributed by atoms with E-state index in [0.717, 1.165) is 24.1 Å². The fourth-order valence-corrected chi connectivity index (χ4v) is 2.16. The van der Waals surface area contributed by atoms with Gasteiger partial charge in [0.25, 0.3) is 5.91 Å². The minimum absolute atomic E-state index is 0.243. The summed E-state index contributed by atoms with van der Waals surface area (Å²) in [6.45, 7) is 4.08. The number of para-hydroxylation sites is 1. The van der Waals surface area contributed by atoms with Crippen molar-refractivity contribution >= 4 is 11.6 Å². The van der Waals surface area contributed by atoms with Gasteiger partial charge in [-0.2, -0.15) is 0 Å². The van der Waals surface area contributed by atoms with E-state index in [2.05, 4.69) is 5.32 Å². The van der Waals surface area contributed by atoms with Crippen molar-refractivity contribution in [2.75, 3.05) is 5.32 Å². The first kappa shape index (κ1) is 15.2. The van der Waals surface area contributed by atoms with Crippen LogP contribution in [0.1, 0.15) is 42.1 Å². The molecule has 0 saturated carbocycles. The highest BCUT2D eigenvalue weighted by atomic mass is 19.1. The fraction of sp³-hybridized carbons (Fsp3) is 0.235. The summed E-state index contributed by atoms with van der Waals surface area (Å²) in [6, 6.07) is 10.7. The molecule has 0 aromatic heterocycles. The van der Waals surface area contributed by atoms with Crippen molar-refractivity contribution in [3.63, 3.8) is 0 Å². The zero-order valence-electron chi connectivity index (χ0n) is 12.0. The van der Waals surface area contributed by atoms with Crippen LogP contribution in [0.3, 0.4) is 0 Å². The topological polar surface area (TPSA) is 29.1 Å². The summed E-state index contributed by atoms with van der Waals surface area (Å²) >= 11 is 0. The van der Waals surface area contributed by atoms with Crippen LogP contribution in [0, 0.1) is 11.6 Å². The minimum Gasteiger partial charge on any atom is -0.322 e. The van der Waals surface area contributed by atoms with E-state index < -0.39 is 23.1 Å². The van der Waals surface area contributed by atoms with Gasteiger partial charge in [0.05, 0.1) is 0 Å². The van der Waals surface area contributed by atoms with Crippen LogP contribution in [0.5, 0.6) is 0 Å². The molecule has 1 amide bonds. The van der Waals surface area contributed by atoms with Gasteiger partial charge < -0.3 is 5.32 Å². The second kappa shape index (κ2) is 6.48. The summed E-state index contributed by atoms with van der Waals surface area (Å²) in [6.07, 6.45) is 0.904. The molecule has 2 aromatic carbocycles. The molecule has 0 aliphatic heterocycles. The van der Waals surface area contributed by atoms with Crippen molar-refractivity contribution in [1.29, 1.82) is 0 Å². The molecule has 0 radical (unpaired) electrons. The highest BCUT2D eigenvalue weighted by Gasteiger charge is 2.18. The molecular weight excluding hydrogens is 272 g/mol. The molecule has 1 N–H and O–H groups in total. The zero-order valence-corrected chi connectivity index (χ0v) is 12.0. The van der Waals surface area contributed by atoms with Gasteiger partial charge in [-0.25, -0.2) is 8.78 Å². The maximum Gasteiger partial charge on any atom is 0.261 e. The van der Waals surface area contributed by atoms with Crippen molar-refractivity contribution in [3.05, 3.63) is 65.2 Å². The summed E-state index contributed by atoms with van der Waals surface area (Å²) in [5, 5.41) is 2.60. The quantitative estimate of drug-likeness (QED) is 0.866. The van der Waals surface area contributed by atoms with Gasteiger partial charge in [0, 0.05) is 5.69 Å². The number of amides is 1. The standard InChI is InChI=1S/C17H17F2NO/c1-3-11(2)12-7-4-5-10-15(12)20-17(21)16-13(18)8-6-9-14(16)19/h4-11H,3H2,1-2H3,(H,20,21). The number of hydrogen-bond donors (Lipinski definition) is 1. The molecule has 1 atom stereocenters. The molecule has 21 heavy (non-hydrogen) atoms. The van der Waals surface area contributed by atoms with E-state index in [1.165, 1.54) is 6.07 Å². The molecule has 0 aliphatic rings. The van der Waals surface area contributed by atoms with E-state index in [-0.39, 0.29) is 5.92 Å². The summed E-state index contributed by atoms with van der Waals surface area (Å²) in [7, 11) is 0. The van der Waals surface area contributed by atoms with Crippen LogP contribution in [0.25, 0.3) is 0 Å². The number of rotatable bonds is 4. The number of carbonyl (C=O) groups excluding carboxylic acids is 1. The number of hydrogen-bond acceptors (Lipinski definition) is 1. The van der Waals surface area contributed by atoms with E-state index in [0.29, 0.717) is 5.69 Å². The van der Waals surface area contributed by atoms with Gasteiger partial charge in [0.1, 0.15) is 17.2 Å². The first-order chi connectivity index (χ1) is 10.0. The predicted octanol–water partition coefficient (Wildman–Crippen LogP) is 4.73. The summed E-state index contributed by atoms with van der Waals surface area (Å²) in [5.74, 6) is -2.27. The average Bonchev–Trinajstić information content (AvgIpc) is 2.47. The van der Waals surface area contributed by atoms with Crippen LogP contribution in [0.15, 0.2) is 42.5 Å². The van der Waals surface area contributed by atoms with Crippen molar-refractivity contribution in [1.82, 2.24) is 0 Å². The molecule has 110 valence electrons. The zero-order chi connectivity index (χ0) is 15.4. The number of anilines is 1. The largest absolute Gasteiger partial charge is 0.322 e. The third kappa shape index (κ3) is 3.27. The van der Waals surface area contributed by atoms with E-state index in [4.69, 9.17) is 0 Å². The van der Waals surface area contributed by atoms with E-state index in [9.17, 15) is 13.6 Å². The third-order valence-corrected chi connectivity index (χ3v) is 3.54. The van der Waals surface area contributed by atoms with E-state index in [1.807, 2.05) is 26.0 Å². The fourth-order valence-electron chi connectivity index (χ4n) is 2.16. The Morgan fingerprint density at radius 3 is 2.33 bits per heavy atom. The van der Waals surface area contributed by atoms with Crippen LogP contribution in [0.2, 0.25) is 0 Å². The molecule has 0 spiro atoms. The lowest BCUT2D eigenvalue weighted by Gasteiger charge is -2.16. The van der Waals surface area contributed by atoms with Gasteiger partial charge >= 0.3 is 0 Å². The number of halogens is 2. The van der Waals surface area contributed by atoms with Gasteiger partial charge in [-0.05, 0) is 36.1 Å². The van der Waals surface area contributed by atoms with Crippen molar-refractivity contribution in [2.45, 2.75) is 26.2 Å². The van der Waals surface area contributed by atoms with Crippen molar-refractivity contribution in [2.24, 2.45) is 0 Å². The van der Waals surface area contributed by atoms with Crippen LogP contribution in [-0.4, -0.2) is 5.91 Å². The molecule has 2 rings (SSSR count). The smallest absolute Gasteiger partial charge is 0.261 e. The Kier molecular flexibility index (Phi) is 4.68. The lowest BCUT2D eigenvalue weighted by atomic mass is 9.96. The van der Waals surface area contributed by atoms with Crippen LogP contribution in [0.4, 0.5) is 14.5 Å². The van der Waals surface area contributed by atoms with E-state index in [1.54, 1.807) is 12.1 Å². The van der Waals surface area contributed by atoms with Gasteiger partial charge in [-0.1, -0.05) is 38.1 Å². The SMILES string of the molecule is CCC(C)c1ccccc1NC(=O)c1c(F)cccc1F. The molecule has 2 nitrogen and oxygen atoms in total. The molecule has 0 fully saturated rings. The van der Waals surface area contributed by atoms with Gasteiger partial charge in [-0.3, -0.25) is 4.79 Å². The third-order valence-electron chi connectivity index (χ3n) is 3.54. The molecular formula is C17H17F2NO. The second-order valence-electron chi connectivity index (χ2n) is 4.95. The number of carbonyl (C=O) groups is 1. The van der Waals surface area contributed by atoms with Crippen LogP contribution in [-0.2, 0) is 0 Å². The van der Waals surface area contributed by atoms with Gasteiger partial charge in [-0.15, -0.1) is 0 Å². The Balaban J connectivity index is 2.33. The monoisotopic (exact) mass is 289 g/mol. The van der Waals surface area contributed by atoms with Crippen molar-refractivity contribution in [3.8, 4) is 0 Å². The normalized spacial score (nSPS) is 12.0. The molecule has 0 aliphatic carbocycles. The maximum absolute atomic E-state index is 13.6. The van der Waals surface area contributed by atoms with Crippen molar-refractivity contribution < 1.29 is 13.6 Å². The van der Waals surface area contributed by atoms with Gasteiger partial charge in [0.15, 0.2) is 0 Å². The molecule has 4 heteroatoms. The lowest BCUT2D eigenvalue weighted by molar-refractivity contribution is 0.101. The summed E-state index contributed by atoms with van der Waals surface area (Å²) < 4.78 is 27.3. The maximum atomic E-state index is 13.6. The summed E-state index contributed by atoms with van der Waals surface area (Å²) in [4.78, 5) is 12.1. The van der Waals surface area contributed by atoms with Crippen LogP contribution >= 0.6 is 0 Å². The minimum atomic E-state index is -0.867. The van der Waals surface area contributed by atoms with Gasteiger partial charge in [0.2, 0.25) is 0 Å². The highest BCUT2D eigenvalue weighted by molar-refractivity contribution is 6.05. The highest BCUT2D eigenvalue weighted by Crippen LogP contribution is 2.27. The average molecular weight is 289 g/mol. The Hall–Kier alpha value is -2.23. The predicted molar refractivity (Wildman–Crippen MR) is 79.5 cm³/mol. The molecule has 2 aromatic rings. The number of nitrogens with one attached hydrogen (secondary N) is 1. The Bertz CT molecular complexity index is 635. The molecule has 1 unspecified atom stereocenters. The lowest BCUT2D eigenvalue weighted by Crippen LogP contribution is -2.17.